The van der Waals surface area contributed by atoms with Crippen LogP contribution in [0.15, 0.2) is 60.7 Å². The van der Waals surface area contributed by atoms with Gasteiger partial charge in [-0.05, 0) is 62.5 Å². The number of hydroxylamine groups is 2. The number of benzene rings is 2. The summed E-state index contributed by atoms with van der Waals surface area (Å²) < 4.78 is 25.7. The number of nitrogens with zero attached hydrogens (tertiary/aromatic N) is 1. The molecule has 1 saturated heterocycles. The summed E-state index contributed by atoms with van der Waals surface area (Å²) in [6, 6.07) is 14.4. The normalized spacial score (nSPS) is 13.3. The molecule has 0 aliphatic carbocycles. The number of unbranched alkanes of at least 4 members (excludes halogenated alkanes) is 2. The van der Waals surface area contributed by atoms with Gasteiger partial charge in [0.05, 0.1) is 45.1 Å². The highest BCUT2D eigenvalue weighted by Crippen LogP contribution is 2.14. The van der Waals surface area contributed by atoms with E-state index in [4.69, 9.17) is 23.7 Å². The standard InChI is InChI=1S/C52H74N6O16/c1-69-32-34-71-29-12-27-53-45(61)23-20-43(59)41(36-38-14-6-3-7-15-38)56-48(64)22-19-40(55-47(63)18-10-5-11-31-73-52(68)74-58-49(65)25-26-50(58)66)51(67)57-42(37-39-16-8-4-9-17-39)44(60)21-24-46(62)54-28-13-30-72-35-33-70-2/h3-4,6-9,14-17,40-42H,5,10-13,18-37H2,1-2H3,(H,53,61)(H,54,62)(H,55,63)(H,56,64)(H,57,67). The summed E-state index contributed by atoms with van der Waals surface area (Å²) >= 11 is 0. The van der Waals surface area contributed by atoms with Gasteiger partial charge in [-0.15, -0.1) is 0 Å². The van der Waals surface area contributed by atoms with Crippen LogP contribution in [0.25, 0.3) is 0 Å². The maximum Gasteiger partial charge on any atom is 0.533 e. The van der Waals surface area contributed by atoms with Gasteiger partial charge in [-0.1, -0.05) is 65.7 Å². The molecule has 3 atom stereocenters. The van der Waals surface area contributed by atoms with E-state index < -0.39 is 59.6 Å². The van der Waals surface area contributed by atoms with Crippen molar-refractivity contribution in [3.05, 3.63) is 71.8 Å². The zero-order valence-corrected chi connectivity index (χ0v) is 42.7. The Kier molecular flexibility index (Phi) is 31.0. The Balaban J connectivity index is 1.68. The van der Waals surface area contributed by atoms with Crippen molar-refractivity contribution in [3.8, 4) is 0 Å². The molecule has 2 aromatic carbocycles. The van der Waals surface area contributed by atoms with Crippen LogP contribution >= 0.6 is 0 Å². The first kappa shape index (κ1) is 61.7. The lowest BCUT2D eigenvalue weighted by Gasteiger charge is -2.24. The molecule has 0 bridgehead atoms. The van der Waals surface area contributed by atoms with Crippen molar-refractivity contribution >= 4 is 59.1 Å². The number of carbonyl (C=O) groups excluding carboxylic acids is 10. The lowest BCUT2D eigenvalue weighted by molar-refractivity contribution is -0.177. The molecule has 74 heavy (non-hydrogen) atoms. The van der Waals surface area contributed by atoms with E-state index in [1.54, 1.807) is 68.8 Å². The van der Waals surface area contributed by atoms with Crippen molar-refractivity contribution in [3.63, 3.8) is 0 Å². The maximum atomic E-state index is 14.2. The number of hydrogen-bond donors (Lipinski definition) is 5. The Bertz CT molecular complexity index is 2060. The van der Waals surface area contributed by atoms with Gasteiger partial charge in [-0.25, -0.2) is 4.79 Å². The first-order chi connectivity index (χ1) is 35.8. The smallest absolute Gasteiger partial charge is 0.433 e. The van der Waals surface area contributed by atoms with E-state index in [0.717, 1.165) is 5.56 Å². The van der Waals surface area contributed by atoms with E-state index in [1.807, 2.05) is 6.07 Å². The molecule has 1 heterocycles. The SMILES string of the molecule is COCCOCCCNC(=O)CCC(=O)C(Cc1ccccc1)NC(=O)CCC(NC(=O)CCCCCOC(=O)ON1C(=O)CCC1=O)C(=O)NC(Cc1ccccc1)C(=O)CCC(=O)NCCCOCCOC. The Labute approximate surface area is 432 Å². The third kappa shape index (κ3) is 26.9. The summed E-state index contributed by atoms with van der Waals surface area (Å²) in [5, 5.41) is 14.1. The van der Waals surface area contributed by atoms with Gasteiger partial charge in [0.1, 0.15) is 6.04 Å². The fourth-order valence-electron chi connectivity index (χ4n) is 7.31. The number of carbonyl (C=O) groups is 10. The van der Waals surface area contributed by atoms with E-state index in [1.165, 1.54) is 0 Å². The number of methoxy groups -OCH3 is 2. The number of amides is 7. The van der Waals surface area contributed by atoms with Crippen molar-refractivity contribution in [1.29, 1.82) is 0 Å². The second-order valence-corrected chi connectivity index (χ2v) is 17.4. The fourth-order valence-corrected chi connectivity index (χ4v) is 7.31. The van der Waals surface area contributed by atoms with E-state index in [0.29, 0.717) is 82.6 Å². The van der Waals surface area contributed by atoms with Crippen LogP contribution in [0.4, 0.5) is 4.79 Å². The van der Waals surface area contributed by atoms with Crippen LogP contribution in [0.5, 0.6) is 0 Å². The predicted molar refractivity (Wildman–Crippen MR) is 266 cm³/mol. The molecule has 0 radical (unpaired) electrons. The molecule has 3 unspecified atom stereocenters. The average molecular weight is 1040 g/mol. The van der Waals surface area contributed by atoms with Crippen LogP contribution in [0, 0.1) is 0 Å². The summed E-state index contributed by atoms with van der Waals surface area (Å²) in [6.45, 7) is 3.15. The Morgan fingerprint density at radius 3 is 1.50 bits per heavy atom. The van der Waals surface area contributed by atoms with E-state index in [9.17, 15) is 47.9 Å². The molecule has 3 rings (SSSR count). The van der Waals surface area contributed by atoms with Gasteiger partial charge in [-0.3, -0.25) is 48.0 Å². The molecule has 7 amide bonds. The minimum absolute atomic E-state index is 0.0673. The van der Waals surface area contributed by atoms with E-state index in [2.05, 4.69) is 31.4 Å². The summed E-state index contributed by atoms with van der Waals surface area (Å²) in [4.78, 5) is 134. The van der Waals surface area contributed by atoms with Crippen LogP contribution in [-0.2, 0) is 84.5 Å². The number of imide groups is 1. The molecule has 1 aliphatic rings. The first-order valence-corrected chi connectivity index (χ1v) is 25.2. The number of ether oxygens (including phenoxy) is 5. The highest BCUT2D eigenvalue weighted by atomic mass is 16.8. The molecule has 22 heteroatoms. The molecule has 0 aromatic heterocycles. The molecule has 0 saturated carbocycles. The third-order valence-electron chi connectivity index (χ3n) is 11.4. The van der Waals surface area contributed by atoms with Crippen molar-refractivity contribution in [1.82, 2.24) is 31.6 Å². The van der Waals surface area contributed by atoms with Gasteiger partial charge >= 0.3 is 6.16 Å². The van der Waals surface area contributed by atoms with Gasteiger partial charge in [0.25, 0.3) is 11.8 Å². The Morgan fingerprint density at radius 1 is 0.500 bits per heavy atom. The van der Waals surface area contributed by atoms with Crippen molar-refractivity contribution < 1.29 is 76.5 Å². The molecule has 0 spiro atoms. The zero-order valence-electron chi connectivity index (χ0n) is 42.7. The summed E-state index contributed by atoms with van der Waals surface area (Å²) in [5.41, 5.74) is 1.47. The number of rotatable bonds is 40. The first-order valence-electron chi connectivity index (χ1n) is 25.2. The molecular formula is C52H74N6O16. The van der Waals surface area contributed by atoms with Gasteiger partial charge in [0.2, 0.25) is 29.5 Å². The Morgan fingerprint density at radius 2 is 0.986 bits per heavy atom. The van der Waals surface area contributed by atoms with Crippen LogP contribution in [0.2, 0.25) is 0 Å². The summed E-state index contributed by atoms with van der Waals surface area (Å²) in [6.07, 6.45) is -0.375. The van der Waals surface area contributed by atoms with Crippen molar-refractivity contribution in [2.75, 3.05) is 73.6 Å². The fraction of sp³-hybridized carbons (Fsp3) is 0.577. The minimum atomic E-state index is -1.33. The van der Waals surface area contributed by atoms with Crippen molar-refractivity contribution in [2.45, 2.75) is 121 Å². The monoisotopic (exact) mass is 1040 g/mol. The number of hydrogen-bond acceptors (Lipinski definition) is 16. The van der Waals surface area contributed by atoms with Crippen molar-refractivity contribution in [2.24, 2.45) is 0 Å². The molecule has 2 aromatic rings. The second kappa shape index (κ2) is 37.2. The number of ketones is 2. The molecule has 1 fully saturated rings. The van der Waals surface area contributed by atoms with Gasteiger partial charge < -0.3 is 50.3 Å². The lowest BCUT2D eigenvalue weighted by Crippen LogP contribution is -2.52. The number of nitrogens with one attached hydrogen (secondary N) is 5. The van der Waals surface area contributed by atoms with Crippen LogP contribution < -0.4 is 26.6 Å². The lowest BCUT2D eigenvalue weighted by atomic mass is 9.98. The van der Waals surface area contributed by atoms with E-state index >= 15 is 0 Å². The summed E-state index contributed by atoms with van der Waals surface area (Å²) in [5.74, 6) is -4.75. The molecule has 22 nitrogen and oxygen atoms in total. The zero-order chi connectivity index (χ0) is 53.8. The molecular weight excluding hydrogens is 965 g/mol. The predicted octanol–water partition coefficient (Wildman–Crippen LogP) is 2.52. The minimum Gasteiger partial charge on any atom is -0.433 e. The highest BCUT2D eigenvalue weighted by molar-refractivity contribution is 6.01. The topological polar surface area (TPSA) is 289 Å². The maximum absolute atomic E-state index is 14.2. The largest absolute Gasteiger partial charge is 0.533 e. The third-order valence-corrected chi connectivity index (χ3v) is 11.4. The Hall–Kier alpha value is -6.62. The van der Waals surface area contributed by atoms with Gasteiger partial charge in [0.15, 0.2) is 11.6 Å². The van der Waals surface area contributed by atoms with Gasteiger partial charge in [-0.2, -0.15) is 0 Å². The average Bonchev–Trinajstić information content (AvgIpc) is 3.71. The number of Topliss-reactive ketones (excluding diaryl/α,β-unsaturated/α-hetero) is 2. The van der Waals surface area contributed by atoms with Gasteiger partial charge in [0, 0.05) is 91.9 Å². The van der Waals surface area contributed by atoms with Crippen LogP contribution in [0.3, 0.4) is 0 Å². The van der Waals surface area contributed by atoms with Crippen LogP contribution in [0.1, 0.15) is 101 Å². The molecule has 408 valence electrons. The summed E-state index contributed by atoms with van der Waals surface area (Å²) in [7, 11) is 3.14. The molecule has 5 N–H and O–H groups in total. The molecule has 1 aliphatic heterocycles. The van der Waals surface area contributed by atoms with E-state index in [-0.39, 0.29) is 108 Å². The highest BCUT2D eigenvalue weighted by Gasteiger charge is 2.34. The quantitative estimate of drug-likeness (QED) is 0.0364. The second-order valence-electron chi connectivity index (χ2n) is 17.4. The van der Waals surface area contributed by atoms with Crippen LogP contribution in [-0.4, -0.2) is 156 Å².